The lowest BCUT2D eigenvalue weighted by Gasteiger charge is -2.26. The Balaban J connectivity index is 1.46. The summed E-state index contributed by atoms with van der Waals surface area (Å²) in [5.41, 5.74) is 3.59. The van der Waals surface area contributed by atoms with Crippen LogP contribution in [0, 0.1) is 0 Å². The van der Waals surface area contributed by atoms with Gasteiger partial charge in [-0.05, 0) is 73.0 Å². The van der Waals surface area contributed by atoms with Gasteiger partial charge in [0.05, 0.1) is 42.2 Å². The molecule has 0 spiro atoms. The highest BCUT2D eigenvalue weighted by molar-refractivity contribution is 7.07. The van der Waals surface area contributed by atoms with Gasteiger partial charge in [-0.2, -0.15) is 0 Å². The molecule has 5 aromatic rings. The topological polar surface area (TPSA) is 88.4 Å². The summed E-state index contributed by atoms with van der Waals surface area (Å²) in [6.45, 7) is 4.67. The smallest absolute Gasteiger partial charge is 0.338 e. The van der Waals surface area contributed by atoms with Gasteiger partial charge in [0.25, 0.3) is 5.56 Å². The number of thiazole rings is 1. The number of hydrogen-bond donors (Lipinski definition) is 0. The van der Waals surface area contributed by atoms with Crippen LogP contribution in [0.25, 0.3) is 11.8 Å². The van der Waals surface area contributed by atoms with Crippen molar-refractivity contribution >= 4 is 40.7 Å². The van der Waals surface area contributed by atoms with Gasteiger partial charge in [0, 0.05) is 10.6 Å². The Bertz CT molecular complexity index is 2160. The van der Waals surface area contributed by atoms with Gasteiger partial charge in [-0.15, -0.1) is 0 Å². The van der Waals surface area contributed by atoms with Crippen molar-refractivity contribution in [2.45, 2.75) is 26.5 Å². The third-order valence-corrected chi connectivity index (χ3v) is 8.87. The average Bonchev–Trinajstić information content (AvgIpc) is 3.41. The molecule has 10 heteroatoms. The fourth-order valence-electron chi connectivity index (χ4n) is 5.50. The van der Waals surface area contributed by atoms with Crippen molar-refractivity contribution in [3.05, 3.63) is 150 Å². The molecule has 0 amide bonds. The van der Waals surface area contributed by atoms with Crippen LogP contribution in [0.4, 0.5) is 0 Å². The number of methoxy groups -OCH3 is 1. The van der Waals surface area contributed by atoms with Gasteiger partial charge >= 0.3 is 5.97 Å². The van der Waals surface area contributed by atoms with E-state index < -0.39 is 12.0 Å². The number of hydrogen-bond acceptors (Lipinski definition) is 8. The number of nitrogens with zero attached hydrogens (tertiary/aromatic N) is 2. The maximum Gasteiger partial charge on any atom is 0.338 e. The number of benzene rings is 4. The van der Waals surface area contributed by atoms with Crippen LogP contribution in [0.3, 0.4) is 0 Å². The molecule has 2 heterocycles. The molecule has 0 radical (unpaired) electrons. The van der Waals surface area contributed by atoms with E-state index in [1.54, 1.807) is 30.7 Å². The van der Waals surface area contributed by atoms with Crippen molar-refractivity contribution in [2.24, 2.45) is 4.99 Å². The molecular weight excluding hydrogens is 648 g/mol. The highest BCUT2D eigenvalue weighted by atomic mass is 35.5. The molecule has 1 aromatic heterocycles. The third kappa shape index (κ3) is 6.93. The molecule has 4 aromatic carbocycles. The summed E-state index contributed by atoms with van der Waals surface area (Å²) in [6, 6.07) is 29.0. The molecule has 0 fully saturated rings. The number of fused-ring (bicyclic) bond motifs is 1. The van der Waals surface area contributed by atoms with Crippen molar-refractivity contribution < 1.29 is 23.7 Å². The monoisotopic (exact) mass is 680 g/mol. The minimum atomic E-state index is -0.787. The van der Waals surface area contributed by atoms with Gasteiger partial charge in [0.2, 0.25) is 0 Å². The Hall–Kier alpha value is -5.12. The fraction of sp³-hybridized carbons (Fsp3) is 0.184. The minimum Gasteiger partial charge on any atom is -0.494 e. The van der Waals surface area contributed by atoms with Crippen LogP contribution in [0.2, 0.25) is 5.02 Å². The van der Waals surface area contributed by atoms with Crippen LogP contribution in [0.5, 0.6) is 17.2 Å². The summed E-state index contributed by atoms with van der Waals surface area (Å²) in [6.07, 6.45) is 1.79. The fourth-order valence-corrected chi connectivity index (χ4v) is 6.72. The second-order valence-electron chi connectivity index (χ2n) is 10.8. The Kier molecular flexibility index (Phi) is 10.1. The summed E-state index contributed by atoms with van der Waals surface area (Å²) in [7, 11) is 1.57. The molecule has 0 unspecified atom stereocenters. The zero-order chi connectivity index (χ0) is 33.6. The van der Waals surface area contributed by atoms with Crippen LogP contribution >= 0.6 is 22.9 Å². The summed E-state index contributed by atoms with van der Waals surface area (Å²) in [4.78, 5) is 33.3. The number of carbonyl (C=O) groups is 1. The molecule has 0 N–H and O–H groups in total. The zero-order valence-corrected chi connectivity index (χ0v) is 28.2. The van der Waals surface area contributed by atoms with Crippen molar-refractivity contribution in [2.75, 3.05) is 20.3 Å². The lowest BCUT2D eigenvalue weighted by Crippen LogP contribution is -2.40. The van der Waals surface area contributed by atoms with Crippen molar-refractivity contribution in [3.8, 4) is 17.2 Å². The summed E-state index contributed by atoms with van der Waals surface area (Å²) < 4.78 is 24.9. The van der Waals surface area contributed by atoms with Crippen molar-refractivity contribution in [1.82, 2.24) is 4.57 Å². The summed E-state index contributed by atoms with van der Waals surface area (Å²) in [5, 5.41) is 0.634. The molecule has 244 valence electrons. The quantitative estimate of drug-likeness (QED) is 0.147. The van der Waals surface area contributed by atoms with E-state index in [9.17, 15) is 9.59 Å². The maximum absolute atomic E-state index is 14.3. The first-order valence-electron chi connectivity index (χ1n) is 15.5. The van der Waals surface area contributed by atoms with Crippen LogP contribution in [0.15, 0.2) is 112 Å². The second-order valence-corrected chi connectivity index (χ2v) is 12.2. The molecule has 1 atom stereocenters. The number of halogens is 1. The van der Waals surface area contributed by atoms with E-state index in [1.165, 1.54) is 11.3 Å². The molecule has 0 saturated carbocycles. The molecule has 1 aliphatic heterocycles. The normalized spacial score (nSPS) is 14.2. The molecule has 8 nitrogen and oxygen atoms in total. The SMILES string of the molecule is CCOC(=O)C1=C(c2ccccc2)N=c2s/c(=C\c3ccc(OCc4cccc(Cl)c4)c(OC)c3)c(=O)n2[C@@H]1c1ccc(OCC)cc1. The molecular formula is C38H33ClN2O6S. The number of rotatable bonds is 11. The lowest BCUT2D eigenvalue weighted by molar-refractivity contribution is -0.138. The summed E-state index contributed by atoms with van der Waals surface area (Å²) >= 11 is 7.37. The van der Waals surface area contributed by atoms with E-state index in [1.807, 2.05) is 97.9 Å². The first-order chi connectivity index (χ1) is 23.4. The van der Waals surface area contributed by atoms with E-state index in [0.717, 1.165) is 22.3 Å². The maximum atomic E-state index is 14.3. The predicted octanol–water partition coefficient (Wildman–Crippen LogP) is 6.58. The van der Waals surface area contributed by atoms with Crippen molar-refractivity contribution in [3.63, 3.8) is 0 Å². The minimum absolute atomic E-state index is 0.172. The number of ether oxygens (including phenoxy) is 4. The number of aromatic nitrogens is 1. The van der Waals surface area contributed by atoms with Gasteiger partial charge in [-0.25, -0.2) is 9.79 Å². The number of esters is 1. The Morgan fingerprint density at radius 2 is 1.71 bits per heavy atom. The molecule has 0 bridgehead atoms. The second kappa shape index (κ2) is 14.8. The number of carbonyl (C=O) groups excluding carboxylic acids is 1. The van der Waals surface area contributed by atoms with Crippen LogP contribution < -0.4 is 29.1 Å². The van der Waals surface area contributed by atoms with Crippen LogP contribution in [0.1, 0.15) is 42.1 Å². The predicted molar refractivity (Wildman–Crippen MR) is 187 cm³/mol. The van der Waals surface area contributed by atoms with E-state index in [2.05, 4.69) is 0 Å². The summed E-state index contributed by atoms with van der Waals surface area (Å²) in [5.74, 6) is 1.22. The molecule has 6 rings (SSSR count). The van der Waals surface area contributed by atoms with Gasteiger partial charge in [0.1, 0.15) is 12.4 Å². The Morgan fingerprint density at radius 3 is 2.42 bits per heavy atom. The first-order valence-corrected chi connectivity index (χ1v) is 16.7. The van der Waals surface area contributed by atoms with Gasteiger partial charge in [0.15, 0.2) is 16.3 Å². The van der Waals surface area contributed by atoms with E-state index in [0.29, 0.717) is 50.5 Å². The molecule has 0 aliphatic carbocycles. The Morgan fingerprint density at radius 1 is 0.917 bits per heavy atom. The zero-order valence-electron chi connectivity index (χ0n) is 26.6. The average molecular weight is 681 g/mol. The Labute approximate surface area is 286 Å². The first kappa shape index (κ1) is 32.8. The van der Waals surface area contributed by atoms with Gasteiger partial charge in [-0.3, -0.25) is 9.36 Å². The van der Waals surface area contributed by atoms with E-state index in [-0.39, 0.29) is 17.7 Å². The van der Waals surface area contributed by atoms with Crippen LogP contribution in [-0.2, 0) is 16.1 Å². The lowest BCUT2D eigenvalue weighted by atomic mass is 9.93. The highest BCUT2D eigenvalue weighted by Gasteiger charge is 2.35. The van der Waals surface area contributed by atoms with Gasteiger partial charge in [-0.1, -0.05) is 83.6 Å². The van der Waals surface area contributed by atoms with Crippen molar-refractivity contribution in [1.29, 1.82) is 0 Å². The molecule has 0 saturated heterocycles. The molecule has 1 aliphatic rings. The highest BCUT2D eigenvalue weighted by Crippen LogP contribution is 2.36. The van der Waals surface area contributed by atoms with Gasteiger partial charge < -0.3 is 18.9 Å². The van der Waals surface area contributed by atoms with Crippen LogP contribution in [-0.4, -0.2) is 30.9 Å². The van der Waals surface area contributed by atoms with E-state index >= 15 is 0 Å². The molecule has 48 heavy (non-hydrogen) atoms. The standard InChI is InChI=1S/C38H33ClN2O6S/c1-4-45-29-17-15-27(16-18-29)35-33(37(43)46-5-2)34(26-11-7-6-8-12-26)40-38-41(35)36(42)32(48-38)22-24-14-19-30(31(21-24)44-3)47-23-25-10-9-13-28(39)20-25/h6-22,35H,4-5,23H2,1-3H3/b32-22-/t35-/m1/s1. The third-order valence-electron chi connectivity index (χ3n) is 7.65. The largest absolute Gasteiger partial charge is 0.494 e. The van der Waals surface area contributed by atoms with E-state index in [4.69, 9.17) is 35.5 Å².